The average Bonchev–Trinajstić information content (AvgIpc) is 3.01. The molecule has 3 heteroatoms. The standard InChI is InChI=1S/C24H26BrNO/c1-16(2)20-8-6-19(7-9-20)15-17(3)5-14-23-18(4)26-27-24(23)21-10-12-22(25)13-11-21/h5-13,16H,14-15H2,1-4H3. The molecular weight excluding hydrogens is 398 g/mol. The Labute approximate surface area is 170 Å². The van der Waals surface area contributed by atoms with Crippen molar-refractivity contribution in [2.75, 3.05) is 0 Å². The Morgan fingerprint density at radius 3 is 2.37 bits per heavy atom. The molecule has 0 saturated heterocycles. The second-order valence-corrected chi connectivity index (χ2v) is 8.33. The van der Waals surface area contributed by atoms with Crippen molar-refractivity contribution in [1.29, 1.82) is 0 Å². The highest BCUT2D eigenvalue weighted by Gasteiger charge is 2.14. The summed E-state index contributed by atoms with van der Waals surface area (Å²) in [5, 5.41) is 4.19. The van der Waals surface area contributed by atoms with E-state index >= 15 is 0 Å². The summed E-state index contributed by atoms with van der Waals surface area (Å²) in [4.78, 5) is 0. The second-order valence-electron chi connectivity index (χ2n) is 7.41. The number of nitrogens with zero attached hydrogens (tertiary/aromatic N) is 1. The van der Waals surface area contributed by atoms with Crippen LogP contribution in [0.4, 0.5) is 0 Å². The molecular formula is C24H26BrNO. The lowest BCUT2D eigenvalue weighted by atomic mass is 9.98. The van der Waals surface area contributed by atoms with Crippen molar-refractivity contribution in [3.63, 3.8) is 0 Å². The van der Waals surface area contributed by atoms with Gasteiger partial charge in [-0.3, -0.25) is 0 Å². The Morgan fingerprint density at radius 1 is 1.07 bits per heavy atom. The van der Waals surface area contributed by atoms with E-state index in [0.717, 1.165) is 39.9 Å². The van der Waals surface area contributed by atoms with Gasteiger partial charge < -0.3 is 4.52 Å². The maximum Gasteiger partial charge on any atom is 0.170 e. The predicted molar refractivity (Wildman–Crippen MR) is 116 cm³/mol. The molecule has 2 nitrogen and oxygen atoms in total. The lowest BCUT2D eigenvalue weighted by molar-refractivity contribution is 0.427. The van der Waals surface area contributed by atoms with Gasteiger partial charge in [0.05, 0.1) is 5.69 Å². The van der Waals surface area contributed by atoms with Crippen molar-refractivity contribution >= 4 is 15.9 Å². The zero-order valence-corrected chi connectivity index (χ0v) is 18.0. The summed E-state index contributed by atoms with van der Waals surface area (Å²) < 4.78 is 6.67. The first-order valence-corrected chi connectivity index (χ1v) is 10.2. The number of aryl methyl sites for hydroxylation is 1. The fourth-order valence-corrected chi connectivity index (χ4v) is 3.41. The molecule has 0 amide bonds. The van der Waals surface area contributed by atoms with Gasteiger partial charge in [0, 0.05) is 15.6 Å². The van der Waals surface area contributed by atoms with Crippen molar-refractivity contribution < 1.29 is 4.52 Å². The molecule has 3 rings (SSSR count). The molecule has 1 heterocycles. The maximum absolute atomic E-state index is 5.61. The number of rotatable bonds is 6. The van der Waals surface area contributed by atoms with Crippen LogP contribution in [0.2, 0.25) is 0 Å². The molecule has 27 heavy (non-hydrogen) atoms. The summed E-state index contributed by atoms with van der Waals surface area (Å²) in [6, 6.07) is 17.1. The van der Waals surface area contributed by atoms with Crippen molar-refractivity contribution in [3.05, 3.63) is 87.0 Å². The van der Waals surface area contributed by atoms with Gasteiger partial charge in [-0.25, -0.2) is 0 Å². The number of allylic oxidation sites excluding steroid dienone is 2. The van der Waals surface area contributed by atoms with Crippen LogP contribution in [0.1, 0.15) is 49.1 Å². The lowest BCUT2D eigenvalue weighted by Gasteiger charge is -2.07. The highest BCUT2D eigenvalue weighted by molar-refractivity contribution is 9.10. The molecule has 3 aromatic rings. The smallest absolute Gasteiger partial charge is 0.170 e. The molecule has 0 saturated carbocycles. The SMILES string of the molecule is CC(=CCc1c(C)noc1-c1ccc(Br)cc1)Cc1ccc(C(C)C)cc1. The van der Waals surface area contributed by atoms with Crippen LogP contribution in [0.5, 0.6) is 0 Å². The third kappa shape index (κ3) is 4.98. The van der Waals surface area contributed by atoms with E-state index < -0.39 is 0 Å². The van der Waals surface area contributed by atoms with Gasteiger partial charge in [-0.05, 0) is 55.9 Å². The molecule has 0 atom stereocenters. The molecule has 0 bridgehead atoms. The average molecular weight is 424 g/mol. The highest BCUT2D eigenvalue weighted by Crippen LogP contribution is 2.28. The molecule has 0 aliphatic carbocycles. The Morgan fingerprint density at radius 2 is 1.74 bits per heavy atom. The Balaban J connectivity index is 1.73. The number of benzene rings is 2. The van der Waals surface area contributed by atoms with Crippen LogP contribution in [0.3, 0.4) is 0 Å². The number of hydrogen-bond acceptors (Lipinski definition) is 2. The second kappa shape index (κ2) is 8.71. The van der Waals surface area contributed by atoms with Crippen LogP contribution in [0.15, 0.2) is 69.2 Å². The third-order valence-electron chi connectivity index (χ3n) is 4.88. The third-order valence-corrected chi connectivity index (χ3v) is 5.40. The summed E-state index contributed by atoms with van der Waals surface area (Å²) in [7, 11) is 0. The van der Waals surface area contributed by atoms with E-state index in [9.17, 15) is 0 Å². The van der Waals surface area contributed by atoms with Gasteiger partial charge in [0.1, 0.15) is 0 Å². The van der Waals surface area contributed by atoms with Crippen molar-refractivity contribution in [3.8, 4) is 11.3 Å². The van der Waals surface area contributed by atoms with Gasteiger partial charge in [0.2, 0.25) is 0 Å². The summed E-state index contributed by atoms with van der Waals surface area (Å²) in [5.74, 6) is 1.44. The molecule has 0 unspecified atom stereocenters. The Hall–Kier alpha value is -2.13. The Bertz CT molecular complexity index is 918. The van der Waals surface area contributed by atoms with Crippen LogP contribution in [0.25, 0.3) is 11.3 Å². The number of halogens is 1. The molecule has 2 aromatic carbocycles. The molecule has 0 radical (unpaired) electrons. The van der Waals surface area contributed by atoms with E-state index in [4.69, 9.17) is 4.52 Å². The van der Waals surface area contributed by atoms with Crippen LogP contribution in [-0.2, 0) is 12.8 Å². The van der Waals surface area contributed by atoms with Crippen LogP contribution in [0, 0.1) is 6.92 Å². The van der Waals surface area contributed by atoms with Crippen molar-refractivity contribution in [1.82, 2.24) is 5.16 Å². The minimum Gasteiger partial charge on any atom is -0.356 e. The predicted octanol–water partition coefficient (Wildman–Crippen LogP) is 7.27. The molecule has 0 N–H and O–H groups in total. The van der Waals surface area contributed by atoms with Crippen molar-refractivity contribution in [2.45, 2.75) is 46.5 Å². The van der Waals surface area contributed by atoms with E-state index in [1.807, 2.05) is 19.1 Å². The van der Waals surface area contributed by atoms with Gasteiger partial charge in [-0.15, -0.1) is 0 Å². The first kappa shape index (κ1) is 19.6. The minimum atomic E-state index is 0.573. The molecule has 0 fully saturated rings. The van der Waals surface area contributed by atoms with Gasteiger partial charge in [0.25, 0.3) is 0 Å². The lowest BCUT2D eigenvalue weighted by Crippen LogP contribution is -1.92. The van der Waals surface area contributed by atoms with Crippen LogP contribution >= 0.6 is 15.9 Å². The first-order chi connectivity index (χ1) is 12.9. The van der Waals surface area contributed by atoms with E-state index in [2.05, 4.69) is 84.3 Å². The van der Waals surface area contributed by atoms with E-state index in [1.54, 1.807) is 0 Å². The molecule has 140 valence electrons. The quantitative estimate of drug-likeness (QED) is 0.389. The summed E-state index contributed by atoms with van der Waals surface area (Å²) in [6.45, 7) is 8.66. The summed E-state index contributed by atoms with van der Waals surface area (Å²) in [6.07, 6.45) is 4.09. The van der Waals surface area contributed by atoms with Crippen molar-refractivity contribution in [2.24, 2.45) is 0 Å². The van der Waals surface area contributed by atoms with Gasteiger partial charge in [0.15, 0.2) is 5.76 Å². The normalized spacial score (nSPS) is 12.0. The molecule has 0 aliphatic rings. The van der Waals surface area contributed by atoms with Crippen LogP contribution in [-0.4, -0.2) is 5.16 Å². The zero-order chi connectivity index (χ0) is 19.4. The topological polar surface area (TPSA) is 26.0 Å². The summed E-state index contributed by atoms with van der Waals surface area (Å²) in [5.41, 5.74) is 7.27. The molecule has 0 spiro atoms. The van der Waals surface area contributed by atoms with E-state index in [1.165, 1.54) is 16.7 Å². The largest absolute Gasteiger partial charge is 0.356 e. The maximum atomic E-state index is 5.61. The monoisotopic (exact) mass is 423 g/mol. The van der Waals surface area contributed by atoms with E-state index in [0.29, 0.717) is 5.92 Å². The zero-order valence-electron chi connectivity index (χ0n) is 16.4. The Kier molecular flexibility index (Phi) is 6.33. The molecule has 0 aliphatic heterocycles. The highest BCUT2D eigenvalue weighted by atomic mass is 79.9. The fraction of sp³-hybridized carbons (Fsp3) is 0.292. The van der Waals surface area contributed by atoms with E-state index in [-0.39, 0.29) is 0 Å². The minimum absolute atomic E-state index is 0.573. The molecule has 1 aromatic heterocycles. The summed E-state index contributed by atoms with van der Waals surface area (Å²) >= 11 is 3.48. The number of hydrogen-bond donors (Lipinski definition) is 0. The fourth-order valence-electron chi connectivity index (χ4n) is 3.15. The van der Waals surface area contributed by atoms with Gasteiger partial charge in [-0.2, -0.15) is 0 Å². The van der Waals surface area contributed by atoms with Gasteiger partial charge >= 0.3 is 0 Å². The number of aromatic nitrogens is 1. The van der Waals surface area contributed by atoms with Crippen LogP contribution < -0.4 is 0 Å². The van der Waals surface area contributed by atoms with Gasteiger partial charge in [-0.1, -0.05) is 83.0 Å². The first-order valence-electron chi connectivity index (χ1n) is 9.39.